The summed E-state index contributed by atoms with van der Waals surface area (Å²) in [6, 6.07) is 8.05. The van der Waals surface area contributed by atoms with Crippen LogP contribution in [0.2, 0.25) is 0 Å². The quantitative estimate of drug-likeness (QED) is 0.878. The molecule has 2 aromatic rings. The van der Waals surface area contributed by atoms with Crippen molar-refractivity contribution in [3.05, 3.63) is 24.3 Å². The third-order valence-electron chi connectivity index (χ3n) is 3.06. The Balaban J connectivity index is 2.35. The molecule has 0 amide bonds. The van der Waals surface area contributed by atoms with Gasteiger partial charge in [-0.3, -0.25) is 0 Å². The lowest BCUT2D eigenvalue weighted by Gasteiger charge is -2.23. The highest BCUT2D eigenvalue weighted by Gasteiger charge is 2.16. The SMILES string of the molecule is CNc1nc(NCC(C)(C)SC)c2ccccc2n1. The molecule has 0 fully saturated rings. The van der Waals surface area contributed by atoms with Crippen LogP contribution < -0.4 is 10.6 Å². The molecule has 0 saturated carbocycles. The number of rotatable bonds is 5. The summed E-state index contributed by atoms with van der Waals surface area (Å²) in [5.74, 6) is 1.53. The van der Waals surface area contributed by atoms with E-state index >= 15 is 0 Å². The molecule has 2 N–H and O–H groups in total. The molecular weight excluding hydrogens is 256 g/mol. The van der Waals surface area contributed by atoms with E-state index in [0.29, 0.717) is 5.95 Å². The van der Waals surface area contributed by atoms with Gasteiger partial charge in [-0.05, 0) is 32.2 Å². The topological polar surface area (TPSA) is 49.8 Å². The van der Waals surface area contributed by atoms with Crippen LogP contribution in [0.5, 0.6) is 0 Å². The second-order valence-electron chi connectivity index (χ2n) is 4.98. The fraction of sp³-hybridized carbons (Fsp3) is 0.429. The van der Waals surface area contributed by atoms with Crippen molar-refractivity contribution >= 4 is 34.4 Å². The van der Waals surface area contributed by atoms with Gasteiger partial charge in [0.05, 0.1) is 5.52 Å². The molecule has 0 aliphatic rings. The second kappa shape index (κ2) is 5.65. The highest BCUT2D eigenvalue weighted by molar-refractivity contribution is 7.99. The Kier molecular flexibility index (Phi) is 4.14. The maximum Gasteiger partial charge on any atom is 0.224 e. The van der Waals surface area contributed by atoms with Gasteiger partial charge in [0.1, 0.15) is 5.82 Å². The van der Waals surface area contributed by atoms with Gasteiger partial charge in [-0.1, -0.05) is 12.1 Å². The summed E-state index contributed by atoms with van der Waals surface area (Å²) in [4.78, 5) is 8.97. The van der Waals surface area contributed by atoms with E-state index < -0.39 is 0 Å². The van der Waals surface area contributed by atoms with Crippen LogP contribution in [0.15, 0.2) is 24.3 Å². The van der Waals surface area contributed by atoms with E-state index in [1.165, 1.54) is 0 Å². The molecule has 1 aromatic carbocycles. The first-order chi connectivity index (χ1) is 9.05. The lowest BCUT2D eigenvalue weighted by atomic mass is 10.2. The van der Waals surface area contributed by atoms with E-state index in [4.69, 9.17) is 0 Å². The fourth-order valence-corrected chi connectivity index (χ4v) is 1.91. The molecule has 0 aliphatic carbocycles. The van der Waals surface area contributed by atoms with Crippen LogP contribution in [-0.4, -0.2) is 34.6 Å². The van der Waals surface area contributed by atoms with Gasteiger partial charge in [-0.2, -0.15) is 16.7 Å². The third-order valence-corrected chi connectivity index (χ3v) is 4.31. The number of aromatic nitrogens is 2. The Labute approximate surface area is 118 Å². The van der Waals surface area contributed by atoms with Gasteiger partial charge in [0.25, 0.3) is 0 Å². The number of hydrogen-bond acceptors (Lipinski definition) is 5. The molecule has 2 rings (SSSR count). The van der Waals surface area contributed by atoms with Crippen molar-refractivity contribution in [3.63, 3.8) is 0 Å². The van der Waals surface area contributed by atoms with Crippen LogP contribution in [0.25, 0.3) is 10.9 Å². The molecular formula is C14H20N4S. The van der Waals surface area contributed by atoms with Crippen molar-refractivity contribution in [1.82, 2.24) is 9.97 Å². The zero-order valence-electron chi connectivity index (χ0n) is 11.8. The highest BCUT2D eigenvalue weighted by Crippen LogP contribution is 2.25. The summed E-state index contributed by atoms with van der Waals surface area (Å²) in [7, 11) is 1.83. The Morgan fingerprint density at radius 2 is 1.95 bits per heavy atom. The first kappa shape index (κ1) is 13.9. The highest BCUT2D eigenvalue weighted by atomic mass is 32.2. The molecule has 4 nitrogen and oxygen atoms in total. The van der Waals surface area contributed by atoms with E-state index in [-0.39, 0.29) is 4.75 Å². The number of hydrogen-bond donors (Lipinski definition) is 2. The minimum absolute atomic E-state index is 0.172. The van der Waals surface area contributed by atoms with Crippen molar-refractivity contribution in [2.45, 2.75) is 18.6 Å². The summed E-state index contributed by atoms with van der Waals surface area (Å²) in [5, 5.41) is 7.50. The normalized spacial score (nSPS) is 11.6. The number of thioether (sulfide) groups is 1. The molecule has 0 spiro atoms. The Morgan fingerprint density at radius 3 is 2.63 bits per heavy atom. The largest absolute Gasteiger partial charge is 0.368 e. The molecule has 0 aliphatic heterocycles. The standard InChI is InChI=1S/C14H20N4S/c1-14(2,19-4)9-16-12-10-7-5-6-8-11(10)17-13(15-3)18-12/h5-8H,9H2,1-4H3,(H2,15,16,17,18). The molecule has 19 heavy (non-hydrogen) atoms. The number of anilines is 2. The van der Waals surface area contributed by atoms with Crippen LogP contribution in [0.1, 0.15) is 13.8 Å². The molecule has 0 unspecified atom stereocenters. The van der Waals surface area contributed by atoms with Crippen LogP contribution in [0.4, 0.5) is 11.8 Å². The molecule has 0 bridgehead atoms. The zero-order valence-corrected chi connectivity index (χ0v) is 12.6. The maximum absolute atomic E-state index is 4.51. The van der Waals surface area contributed by atoms with Gasteiger partial charge in [0, 0.05) is 23.7 Å². The molecule has 0 radical (unpaired) electrons. The number of fused-ring (bicyclic) bond motifs is 1. The predicted octanol–water partition coefficient (Wildman–Crippen LogP) is 3.23. The van der Waals surface area contributed by atoms with Crippen LogP contribution >= 0.6 is 11.8 Å². The van der Waals surface area contributed by atoms with Gasteiger partial charge in [-0.25, -0.2) is 4.98 Å². The lowest BCUT2D eigenvalue weighted by Crippen LogP contribution is -2.26. The van der Waals surface area contributed by atoms with Crippen molar-refractivity contribution < 1.29 is 0 Å². The van der Waals surface area contributed by atoms with Crippen molar-refractivity contribution in [3.8, 4) is 0 Å². The minimum Gasteiger partial charge on any atom is -0.368 e. The Morgan fingerprint density at radius 1 is 1.21 bits per heavy atom. The Hall–Kier alpha value is -1.49. The van der Waals surface area contributed by atoms with E-state index in [9.17, 15) is 0 Å². The van der Waals surface area contributed by atoms with Crippen molar-refractivity contribution in [2.24, 2.45) is 0 Å². The average Bonchev–Trinajstić information content (AvgIpc) is 2.44. The third kappa shape index (κ3) is 3.29. The number of nitrogens with one attached hydrogen (secondary N) is 2. The fourth-order valence-electron chi connectivity index (χ4n) is 1.69. The average molecular weight is 276 g/mol. The number of benzene rings is 1. The second-order valence-corrected chi connectivity index (χ2v) is 6.49. The molecule has 102 valence electrons. The summed E-state index contributed by atoms with van der Waals surface area (Å²) in [5.41, 5.74) is 0.950. The maximum atomic E-state index is 4.51. The molecule has 0 saturated heterocycles. The van der Waals surface area contributed by atoms with E-state index in [0.717, 1.165) is 23.3 Å². The van der Waals surface area contributed by atoms with E-state index in [2.05, 4.69) is 40.7 Å². The predicted molar refractivity (Wildman–Crippen MR) is 85.2 cm³/mol. The van der Waals surface area contributed by atoms with Gasteiger partial charge in [0.2, 0.25) is 5.95 Å². The smallest absolute Gasteiger partial charge is 0.224 e. The summed E-state index contributed by atoms with van der Waals surface area (Å²) < 4.78 is 0.172. The zero-order chi connectivity index (χ0) is 13.9. The molecule has 1 heterocycles. The van der Waals surface area contributed by atoms with E-state index in [1.807, 2.05) is 43.1 Å². The summed E-state index contributed by atoms with van der Waals surface area (Å²) in [6.45, 7) is 5.29. The van der Waals surface area contributed by atoms with Crippen LogP contribution in [0.3, 0.4) is 0 Å². The minimum atomic E-state index is 0.172. The number of para-hydroxylation sites is 1. The van der Waals surface area contributed by atoms with Gasteiger partial charge >= 0.3 is 0 Å². The van der Waals surface area contributed by atoms with Crippen molar-refractivity contribution in [2.75, 3.05) is 30.5 Å². The van der Waals surface area contributed by atoms with Gasteiger partial charge in [0.15, 0.2) is 0 Å². The molecule has 0 atom stereocenters. The first-order valence-electron chi connectivity index (χ1n) is 6.29. The number of nitrogens with zero attached hydrogens (tertiary/aromatic N) is 2. The van der Waals surface area contributed by atoms with Crippen molar-refractivity contribution in [1.29, 1.82) is 0 Å². The first-order valence-corrected chi connectivity index (χ1v) is 7.52. The molecule has 1 aromatic heterocycles. The monoisotopic (exact) mass is 276 g/mol. The lowest BCUT2D eigenvalue weighted by molar-refractivity contribution is 0.751. The van der Waals surface area contributed by atoms with E-state index in [1.54, 1.807) is 0 Å². The summed E-state index contributed by atoms with van der Waals surface area (Å²) >= 11 is 1.84. The van der Waals surface area contributed by atoms with Gasteiger partial charge < -0.3 is 10.6 Å². The Bertz CT molecular complexity index is 568. The van der Waals surface area contributed by atoms with Gasteiger partial charge in [-0.15, -0.1) is 0 Å². The summed E-state index contributed by atoms with van der Waals surface area (Å²) in [6.07, 6.45) is 2.12. The molecule has 5 heteroatoms. The van der Waals surface area contributed by atoms with Crippen LogP contribution in [-0.2, 0) is 0 Å². The van der Waals surface area contributed by atoms with Crippen LogP contribution in [0, 0.1) is 0 Å².